The van der Waals surface area contributed by atoms with E-state index in [4.69, 9.17) is 4.42 Å². The molecule has 0 saturated heterocycles. The van der Waals surface area contributed by atoms with Crippen LogP contribution in [0.1, 0.15) is 36.4 Å². The van der Waals surface area contributed by atoms with Gasteiger partial charge in [0.25, 0.3) is 11.8 Å². The molecule has 2 aromatic heterocycles. The molecule has 1 aromatic carbocycles. The van der Waals surface area contributed by atoms with Crippen LogP contribution in [0.2, 0.25) is 0 Å². The van der Waals surface area contributed by atoms with E-state index in [-0.39, 0.29) is 17.4 Å². The Hall–Kier alpha value is -3.11. The molecule has 0 aliphatic rings. The molecule has 0 spiro atoms. The van der Waals surface area contributed by atoms with Gasteiger partial charge in [-0.1, -0.05) is 12.1 Å². The van der Waals surface area contributed by atoms with Gasteiger partial charge in [-0.2, -0.15) is 22.0 Å². The SMILES string of the molecule is CC(Nc1ncc(-c2nnc(C(F)F)o2)cn1)c1cccc(C(F)(F)F)c1. The van der Waals surface area contributed by atoms with E-state index in [0.29, 0.717) is 5.56 Å². The lowest BCUT2D eigenvalue weighted by Gasteiger charge is -2.16. The normalized spacial score (nSPS) is 13.0. The number of alkyl halides is 5. The summed E-state index contributed by atoms with van der Waals surface area (Å²) in [5, 5.41) is 9.54. The van der Waals surface area contributed by atoms with E-state index < -0.39 is 30.1 Å². The lowest BCUT2D eigenvalue weighted by molar-refractivity contribution is -0.137. The van der Waals surface area contributed by atoms with Crippen molar-refractivity contribution in [1.29, 1.82) is 0 Å². The molecule has 0 radical (unpaired) electrons. The number of rotatable bonds is 5. The Labute approximate surface area is 149 Å². The minimum absolute atomic E-state index is 0.136. The van der Waals surface area contributed by atoms with Crippen molar-refractivity contribution in [3.63, 3.8) is 0 Å². The highest BCUT2D eigenvalue weighted by Gasteiger charge is 2.30. The predicted molar refractivity (Wildman–Crippen MR) is 83.8 cm³/mol. The van der Waals surface area contributed by atoms with Crippen LogP contribution in [0.15, 0.2) is 41.1 Å². The Morgan fingerprint density at radius 3 is 2.37 bits per heavy atom. The summed E-state index contributed by atoms with van der Waals surface area (Å²) >= 11 is 0. The van der Waals surface area contributed by atoms with E-state index >= 15 is 0 Å². The van der Waals surface area contributed by atoms with E-state index in [1.165, 1.54) is 18.5 Å². The van der Waals surface area contributed by atoms with Crippen LogP contribution < -0.4 is 5.32 Å². The van der Waals surface area contributed by atoms with Crippen LogP contribution in [-0.2, 0) is 6.18 Å². The molecule has 1 N–H and O–H groups in total. The van der Waals surface area contributed by atoms with Crippen LogP contribution in [0.4, 0.5) is 27.9 Å². The first-order chi connectivity index (χ1) is 12.7. The summed E-state index contributed by atoms with van der Waals surface area (Å²) in [4.78, 5) is 7.97. The Morgan fingerprint density at radius 1 is 1.07 bits per heavy atom. The topological polar surface area (TPSA) is 76.7 Å². The van der Waals surface area contributed by atoms with E-state index in [9.17, 15) is 22.0 Å². The Kier molecular flexibility index (Phi) is 5.02. The zero-order valence-corrected chi connectivity index (χ0v) is 13.7. The van der Waals surface area contributed by atoms with Gasteiger partial charge in [0, 0.05) is 12.4 Å². The van der Waals surface area contributed by atoms with Crippen molar-refractivity contribution in [2.45, 2.75) is 25.6 Å². The van der Waals surface area contributed by atoms with Crippen molar-refractivity contribution < 1.29 is 26.4 Å². The third-order valence-electron chi connectivity index (χ3n) is 3.59. The molecule has 3 aromatic rings. The van der Waals surface area contributed by atoms with E-state index in [2.05, 4.69) is 25.5 Å². The lowest BCUT2D eigenvalue weighted by atomic mass is 10.1. The number of hydrogen-bond donors (Lipinski definition) is 1. The second-order valence-electron chi connectivity index (χ2n) is 5.53. The maximum atomic E-state index is 12.8. The highest BCUT2D eigenvalue weighted by Crippen LogP contribution is 2.31. The number of hydrogen-bond acceptors (Lipinski definition) is 6. The molecule has 0 amide bonds. The van der Waals surface area contributed by atoms with Crippen molar-refractivity contribution in [1.82, 2.24) is 20.2 Å². The van der Waals surface area contributed by atoms with Crippen molar-refractivity contribution in [2.75, 3.05) is 5.32 Å². The molecule has 3 rings (SSSR count). The van der Waals surface area contributed by atoms with Crippen molar-refractivity contribution in [3.05, 3.63) is 53.7 Å². The summed E-state index contributed by atoms with van der Waals surface area (Å²) in [5.74, 6) is -0.842. The average molecular weight is 385 g/mol. The summed E-state index contributed by atoms with van der Waals surface area (Å²) in [6.45, 7) is 1.65. The first-order valence-electron chi connectivity index (χ1n) is 7.61. The first kappa shape index (κ1) is 18.7. The maximum Gasteiger partial charge on any atom is 0.416 e. The van der Waals surface area contributed by atoms with Gasteiger partial charge in [0.15, 0.2) is 0 Å². The number of benzene rings is 1. The van der Waals surface area contributed by atoms with Gasteiger partial charge in [0.1, 0.15) is 0 Å². The van der Waals surface area contributed by atoms with Crippen LogP contribution in [0.5, 0.6) is 0 Å². The van der Waals surface area contributed by atoms with Gasteiger partial charge in [0.05, 0.1) is 17.2 Å². The Morgan fingerprint density at radius 2 is 1.78 bits per heavy atom. The standard InChI is InChI=1S/C16H12F5N5O/c1-8(9-3-2-4-11(5-9)16(19,20)21)24-15-22-6-10(7-23-15)13-25-26-14(27-13)12(17)18/h2-8,12H,1H3,(H,22,23,24). The van der Waals surface area contributed by atoms with Gasteiger partial charge in [-0.05, 0) is 24.6 Å². The molecule has 1 atom stereocenters. The van der Waals surface area contributed by atoms with Crippen molar-refractivity contribution in [2.24, 2.45) is 0 Å². The van der Waals surface area contributed by atoms with Crippen LogP contribution in [0.3, 0.4) is 0 Å². The number of anilines is 1. The average Bonchev–Trinajstić information content (AvgIpc) is 3.12. The second-order valence-corrected chi connectivity index (χ2v) is 5.53. The third kappa shape index (κ3) is 4.36. The molecular weight excluding hydrogens is 373 g/mol. The molecule has 11 heteroatoms. The monoisotopic (exact) mass is 385 g/mol. The van der Waals surface area contributed by atoms with Crippen LogP contribution in [0, 0.1) is 0 Å². The predicted octanol–water partition coefficient (Wildman–Crippen LogP) is 4.66. The van der Waals surface area contributed by atoms with E-state index in [1.807, 2.05) is 0 Å². The number of aromatic nitrogens is 4. The molecule has 0 bridgehead atoms. The zero-order valence-electron chi connectivity index (χ0n) is 13.7. The summed E-state index contributed by atoms with van der Waals surface area (Å²) in [6.07, 6.45) is -4.77. The number of halogens is 5. The van der Waals surface area contributed by atoms with Gasteiger partial charge in [0.2, 0.25) is 5.95 Å². The van der Waals surface area contributed by atoms with Gasteiger partial charge < -0.3 is 9.73 Å². The van der Waals surface area contributed by atoms with Crippen LogP contribution in [-0.4, -0.2) is 20.2 Å². The zero-order chi connectivity index (χ0) is 19.6. The summed E-state index contributed by atoms with van der Waals surface area (Å²) in [6, 6.07) is 4.38. The fourth-order valence-electron chi connectivity index (χ4n) is 2.21. The molecule has 6 nitrogen and oxygen atoms in total. The fourth-order valence-corrected chi connectivity index (χ4v) is 2.21. The number of nitrogens with one attached hydrogen (secondary N) is 1. The summed E-state index contributed by atoms with van der Waals surface area (Å²) in [5.41, 5.74) is -0.126. The van der Waals surface area contributed by atoms with Crippen LogP contribution in [0.25, 0.3) is 11.5 Å². The molecule has 142 valence electrons. The summed E-state index contributed by atoms with van der Waals surface area (Å²) < 4.78 is 68.1. The van der Waals surface area contributed by atoms with Gasteiger partial charge >= 0.3 is 12.6 Å². The minimum atomic E-state index is -4.44. The Bertz CT molecular complexity index is 910. The van der Waals surface area contributed by atoms with Gasteiger partial charge in [-0.25, -0.2) is 9.97 Å². The maximum absolute atomic E-state index is 12.8. The summed E-state index contributed by atoms with van der Waals surface area (Å²) in [7, 11) is 0. The van der Waals surface area contributed by atoms with Crippen LogP contribution >= 0.6 is 0 Å². The van der Waals surface area contributed by atoms with E-state index in [0.717, 1.165) is 12.1 Å². The van der Waals surface area contributed by atoms with E-state index in [1.54, 1.807) is 13.0 Å². The van der Waals surface area contributed by atoms with Gasteiger partial charge in [-0.15, -0.1) is 10.2 Å². The molecule has 27 heavy (non-hydrogen) atoms. The highest BCUT2D eigenvalue weighted by atomic mass is 19.4. The molecule has 0 aliphatic heterocycles. The minimum Gasteiger partial charge on any atom is -0.415 e. The Balaban J connectivity index is 1.72. The molecule has 1 unspecified atom stereocenters. The van der Waals surface area contributed by atoms with Gasteiger partial charge in [-0.3, -0.25) is 0 Å². The lowest BCUT2D eigenvalue weighted by Crippen LogP contribution is -2.11. The smallest absolute Gasteiger partial charge is 0.415 e. The molecule has 0 aliphatic carbocycles. The molecule has 2 heterocycles. The van der Waals surface area contributed by atoms with Crippen molar-refractivity contribution in [3.8, 4) is 11.5 Å². The third-order valence-corrected chi connectivity index (χ3v) is 3.59. The largest absolute Gasteiger partial charge is 0.416 e. The molecular formula is C16H12F5N5O. The molecule has 0 fully saturated rings. The van der Waals surface area contributed by atoms with Crippen molar-refractivity contribution >= 4 is 5.95 Å². The fraction of sp³-hybridized carbons (Fsp3) is 0.250. The first-order valence-corrected chi connectivity index (χ1v) is 7.61. The highest BCUT2D eigenvalue weighted by molar-refractivity contribution is 5.50. The molecule has 0 saturated carbocycles. The second kappa shape index (κ2) is 7.25. The quantitative estimate of drug-likeness (QED) is 0.644. The number of nitrogens with zero attached hydrogens (tertiary/aromatic N) is 4.